The lowest BCUT2D eigenvalue weighted by Gasteiger charge is -2.09. The number of nitrogens with zero attached hydrogens (tertiary/aromatic N) is 2. The van der Waals surface area contributed by atoms with Crippen molar-refractivity contribution >= 4 is 23.7 Å². The van der Waals surface area contributed by atoms with Crippen LogP contribution in [0.3, 0.4) is 0 Å². The molecule has 0 spiro atoms. The molecule has 0 radical (unpaired) electrons. The number of amides is 2. The first-order chi connectivity index (χ1) is 14.7. The number of carbonyl (C=O) groups excluding carboxylic acids is 2. The molecule has 2 aromatic rings. The summed E-state index contributed by atoms with van der Waals surface area (Å²) >= 11 is 0. The zero-order valence-electron chi connectivity index (χ0n) is 18.4. The number of hydrogen-bond acceptors (Lipinski definition) is 6. The van der Waals surface area contributed by atoms with Gasteiger partial charge in [-0.2, -0.15) is 10.2 Å². The fourth-order valence-electron chi connectivity index (χ4n) is 2.40. The molecule has 0 unspecified atom stereocenters. The van der Waals surface area contributed by atoms with E-state index in [9.17, 15) is 9.59 Å². The van der Waals surface area contributed by atoms with Crippen LogP contribution >= 0.6 is 0 Å². The second kappa shape index (κ2) is 11.5. The third kappa shape index (κ3) is 8.30. The number of nitrogens with one attached hydrogen (secondary N) is 2. The van der Waals surface area contributed by atoms with Crippen molar-refractivity contribution in [1.82, 2.24) is 10.9 Å². The van der Waals surface area contributed by atoms with Crippen LogP contribution in [0.5, 0.6) is 11.5 Å². The molecule has 8 heteroatoms. The van der Waals surface area contributed by atoms with Gasteiger partial charge in [0.25, 0.3) is 11.8 Å². The van der Waals surface area contributed by atoms with Crippen LogP contribution in [0.1, 0.15) is 55.3 Å². The number of hydrazone groups is 2. The highest BCUT2D eigenvalue weighted by Gasteiger charge is 2.06. The first-order valence-electron chi connectivity index (χ1n) is 9.96. The van der Waals surface area contributed by atoms with Gasteiger partial charge in [-0.05, 0) is 83.1 Å². The molecular formula is C23H28N4O4. The predicted molar refractivity (Wildman–Crippen MR) is 121 cm³/mol. The molecule has 0 saturated heterocycles. The molecule has 2 N–H and O–H groups in total. The third-order valence-corrected chi connectivity index (χ3v) is 3.73. The SMILES string of the molecule is CC(/C=N/NC(=O)c1ccc(OC(C)C)cc1)=N/NC(=O)c1ccc(OC(C)C)cc1. The lowest BCUT2D eigenvalue weighted by atomic mass is 10.2. The van der Waals surface area contributed by atoms with Crippen LogP contribution in [-0.2, 0) is 0 Å². The van der Waals surface area contributed by atoms with Crippen LogP contribution in [0.25, 0.3) is 0 Å². The highest BCUT2D eigenvalue weighted by molar-refractivity contribution is 6.29. The van der Waals surface area contributed by atoms with E-state index < -0.39 is 0 Å². The molecule has 0 aromatic heterocycles. The Bertz CT molecular complexity index is 933. The Kier molecular flexibility index (Phi) is 8.75. The van der Waals surface area contributed by atoms with E-state index in [4.69, 9.17) is 9.47 Å². The van der Waals surface area contributed by atoms with E-state index in [1.54, 1.807) is 55.5 Å². The molecular weight excluding hydrogens is 396 g/mol. The van der Waals surface area contributed by atoms with Gasteiger partial charge in [0.05, 0.1) is 24.1 Å². The fourth-order valence-corrected chi connectivity index (χ4v) is 2.40. The van der Waals surface area contributed by atoms with Crippen LogP contribution < -0.4 is 20.3 Å². The van der Waals surface area contributed by atoms with E-state index in [1.165, 1.54) is 6.21 Å². The second-order valence-corrected chi connectivity index (χ2v) is 7.28. The smallest absolute Gasteiger partial charge is 0.271 e. The summed E-state index contributed by atoms with van der Waals surface area (Å²) in [4.78, 5) is 24.3. The first-order valence-corrected chi connectivity index (χ1v) is 9.96. The number of benzene rings is 2. The molecule has 164 valence electrons. The Morgan fingerprint density at radius 3 is 1.61 bits per heavy atom. The Hall–Kier alpha value is -3.68. The summed E-state index contributed by atoms with van der Waals surface area (Å²) in [5, 5.41) is 7.80. The van der Waals surface area contributed by atoms with Gasteiger partial charge in [0.1, 0.15) is 11.5 Å². The van der Waals surface area contributed by atoms with Gasteiger partial charge >= 0.3 is 0 Å². The molecule has 31 heavy (non-hydrogen) atoms. The fraction of sp³-hybridized carbons (Fsp3) is 0.304. The first kappa shape index (κ1) is 23.6. The van der Waals surface area contributed by atoms with Gasteiger partial charge in [-0.15, -0.1) is 0 Å². The molecule has 2 aromatic carbocycles. The lowest BCUT2D eigenvalue weighted by molar-refractivity contribution is 0.0946. The highest BCUT2D eigenvalue weighted by atomic mass is 16.5. The van der Waals surface area contributed by atoms with Crippen LogP contribution in [-0.4, -0.2) is 35.9 Å². The van der Waals surface area contributed by atoms with Crippen molar-refractivity contribution in [2.45, 2.75) is 46.8 Å². The highest BCUT2D eigenvalue weighted by Crippen LogP contribution is 2.14. The molecule has 0 bridgehead atoms. The van der Waals surface area contributed by atoms with Crippen LogP contribution in [0.4, 0.5) is 0 Å². The van der Waals surface area contributed by atoms with Crippen LogP contribution in [0.2, 0.25) is 0 Å². The average Bonchev–Trinajstić information content (AvgIpc) is 2.72. The molecule has 0 aliphatic rings. The Balaban J connectivity index is 1.84. The van der Waals surface area contributed by atoms with Gasteiger partial charge in [-0.25, -0.2) is 10.9 Å². The van der Waals surface area contributed by atoms with E-state index >= 15 is 0 Å². The molecule has 0 aliphatic carbocycles. The topological polar surface area (TPSA) is 101 Å². The summed E-state index contributed by atoms with van der Waals surface area (Å²) in [6.45, 7) is 9.37. The van der Waals surface area contributed by atoms with Gasteiger partial charge in [0.15, 0.2) is 0 Å². The largest absolute Gasteiger partial charge is 0.491 e. The zero-order chi connectivity index (χ0) is 22.8. The summed E-state index contributed by atoms with van der Waals surface area (Å²) in [6.07, 6.45) is 1.46. The van der Waals surface area contributed by atoms with Crippen molar-refractivity contribution in [1.29, 1.82) is 0 Å². The van der Waals surface area contributed by atoms with E-state index in [-0.39, 0.29) is 24.0 Å². The van der Waals surface area contributed by atoms with Gasteiger partial charge in [-0.1, -0.05) is 0 Å². The maximum Gasteiger partial charge on any atom is 0.271 e. The molecule has 8 nitrogen and oxygen atoms in total. The number of ether oxygens (including phenoxy) is 2. The summed E-state index contributed by atoms with van der Waals surface area (Å²) in [5.74, 6) is 0.650. The summed E-state index contributed by atoms with van der Waals surface area (Å²) in [7, 11) is 0. The molecule has 2 rings (SSSR count). The Labute approximate surface area is 182 Å². The summed E-state index contributed by atoms with van der Waals surface area (Å²) in [6, 6.07) is 13.5. The monoisotopic (exact) mass is 424 g/mol. The van der Waals surface area contributed by atoms with E-state index in [2.05, 4.69) is 21.1 Å². The van der Waals surface area contributed by atoms with Crippen LogP contribution in [0.15, 0.2) is 58.7 Å². The second-order valence-electron chi connectivity index (χ2n) is 7.28. The molecule has 0 atom stereocenters. The Morgan fingerprint density at radius 2 is 1.19 bits per heavy atom. The van der Waals surface area contributed by atoms with Crippen molar-refractivity contribution in [2.24, 2.45) is 10.2 Å². The van der Waals surface area contributed by atoms with Gasteiger partial charge in [0, 0.05) is 11.1 Å². The standard InChI is InChI=1S/C23H28N4O4/c1-15(2)30-20-10-6-18(7-11-20)22(28)26-24-14-17(5)25-27-23(29)19-8-12-21(13-9-19)31-16(3)4/h6-16H,1-5H3,(H,26,28)(H,27,29)/b24-14+,25-17-. The van der Waals surface area contributed by atoms with Gasteiger partial charge in [-0.3, -0.25) is 9.59 Å². The minimum atomic E-state index is -0.368. The van der Waals surface area contributed by atoms with E-state index in [0.29, 0.717) is 28.3 Å². The average molecular weight is 425 g/mol. The number of rotatable bonds is 9. The quantitative estimate of drug-likeness (QED) is 0.472. The molecule has 2 amide bonds. The van der Waals surface area contributed by atoms with Gasteiger partial charge in [0.2, 0.25) is 0 Å². The summed E-state index contributed by atoms with van der Waals surface area (Å²) in [5.41, 5.74) is 6.16. The van der Waals surface area contributed by atoms with Crippen molar-refractivity contribution < 1.29 is 19.1 Å². The number of hydrogen-bond donors (Lipinski definition) is 2. The van der Waals surface area contributed by atoms with Gasteiger partial charge < -0.3 is 9.47 Å². The predicted octanol–water partition coefficient (Wildman–Crippen LogP) is 3.78. The Morgan fingerprint density at radius 1 is 0.774 bits per heavy atom. The molecule has 0 fully saturated rings. The summed E-state index contributed by atoms with van der Waals surface area (Å²) < 4.78 is 11.1. The molecule has 0 aliphatic heterocycles. The van der Waals surface area contributed by atoms with E-state index in [1.807, 2.05) is 27.7 Å². The van der Waals surface area contributed by atoms with Crippen molar-refractivity contribution in [2.75, 3.05) is 0 Å². The minimum Gasteiger partial charge on any atom is -0.491 e. The normalized spacial score (nSPS) is 11.6. The number of carbonyl (C=O) groups is 2. The maximum atomic E-state index is 12.2. The van der Waals surface area contributed by atoms with Crippen LogP contribution in [0, 0.1) is 0 Å². The van der Waals surface area contributed by atoms with Crippen molar-refractivity contribution in [3.05, 3.63) is 59.7 Å². The van der Waals surface area contributed by atoms with Crippen molar-refractivity contribution in [3.63, 3.8) is 0 Å². The van der Waals surface area contributed by atoms with Crippen molar-refractivity contribution in [3.8, 4) is 11.5 Å². The molecule has 0 heterocycles. The zero-order valence-corrected chi connectivity index (χ0v) is 18.4. The molecule has 0 saturated carbocycles. The third-order valence-electron chi connectivity index (χ3n) is 3.73. The lowest BCUT2D eigenvalue weighted by Crippen LogP contribution is -2.21. The van der Waals surface area contributed by atoms with E-state index in [0.717, 1.165) is 0 Å². The maximum absolute atomic E-state index is 12.2. The minimum absolute atomic E-state index is 0.0601.